The lowest BCUT2D eigenvalue weighted by atomic mass is 9.93. The van der Waals surface area contributed by atoms with Gasteiger partial charge in [-0.3, -0.25) is 48.6 Å². The number of pyridine rings is 4. The number of fused-ring (bicyclic) bond motifs is 6. The van der Waals surface area contributed by atoms with Crippen LogP contribution in [0, 0.1) is 45.3 Å². The first-order chi connectivity index (χ1) is 58.9. The molecule has 0 bridgehead atoms. The summed E-state index contributed by atoms with van der Waals surface area (Å²) >= 11 is 0. The van der Waals surface area contributed by atoms with Crippen LogP contribution in [0.5, 0.6) is 0 Å². The highest BCUT2D eigenvalue weighted by Crippen LogP contribution is 2.51. The molecule has 12 aromatic rings. The highest BCUT2D eigenvalue weighted by atomic mass is 32.2. The number of oxazole rings is 2. The molecule has 123 heavy (non-hydrogen) atoms. The summed E-state index contributed by atoms with van der Waals surface area (Å²) in [6, 6.07) is 34.9. The Hall–Kier alpha value is -10.7. The lowest BCUT2D eigenvalue weighted by molar-refractivity contribution is -0.137. The molecule has 6 atom stereocenters. The zero-order chi connectivity index (χ0) is 85.5. The number of carbonyl (C=O) groups excluding carboxylic acids is 2. The van der Waals surface area contributed by atoms with Gasteiger partial charge < -0.3 is 29.7 Å². The average Bonchev–Trinajstić information content (AvgIpc) is 1.58. The van der Waals surface area contributed by atoms with Crippen molar-refractivity contribution in [3.05, 3.63) is 201 Å². The highest BCUT2D eigenvalue weighted by Gasteiger charge is 2.53. The highest BCUT2D eigenvalue weighted by molar-refractivity contribution is 7.92. The average molecular weight is 1710 g/mol. The summed E-state index contributed by atoms with van der Waals surface area (Å²) in [5.74, 6) is -0.765. The van der Waals surface area contributed by atoms with E-state index in [4.69, 9.17) is 28.8 Å². The van der Waals surface area contributed by atoms with Crippen LogP contribution in [0.4, 0.5) is 40.6 Å². The molecule has 4 aliphatic heterocycles. The van der Waals surface area contributed by atoms with Crippen molar-refractivity contribution in [1.82, 2.24) is 58.9 Å². The zero-order valence-electron chi connectivity index (χ0n) is 69.2. The third-order valence-electron chi connectivity index (χ3n) is 27.2. The van der Waals surface area contributed by atoms with Crippen LogP contribution in [0.15, 0.2) is 143 Å². The van der Waals surface area contributed by atoms with Crippen molar-refractivity contribution in [2.75, 3.05) is 63.0 Å². The molecule has 30 heteroatoms. The first kappa shape index (κ1) is 81.9. The Kier molecular flexibility index (Phi) is 21.0. The predicted octanol–water partition coefficient (Wildman–Crippen LogP) is 15.8. The molecule has 24 nitrogen and oxygen atoms in total. The van der Waals surface area contributed by atoms with Crippen molar-refractivity contribution in [3.63, 3.8) is 0 Å². The summed E-state index contributed by atoms with van der Waals surface area (Å²) in [7, 11) is -7.51. The summed E-state index contributed by atoms with van der Waals surface area (Å²) in [6.07, 6.45) is 8.48. The van der Waals surface area contributed by atoms with Gasteiger partial charge in [0.25, 0.3) is 0 Å². The molecule has 10 heterocycles. The van der Waals surface area contributed by atoms with E-state index in [9.17, 15) is 36.6 Å². The van der Waals surface area contributed by atoms with Crippen LogP contribution >= 0.6 is 0 Å². The molecule has 4 saturated heterocycles. The van der Waals surface area contributed by atoms with Gasteiger partial charge in [-0.15, -0.1) is 0 Å². The minimum Gasteiger partial charge on any atom is -0.435 e. The van der Waals surface area contributed by atoms with E-state index in [0.717, 1.165) is 132 Å². The van der Waals surface area contributed by atoms with Crippen molar-refractivity contribution in [3.8, 4) is 45.2 Å². The van der Waals surface area contributed by atoms with Gasteiger partial charge >= 0.3 is 6.18 Å². The number of likely N-dealkylation sites (tertiary alicyclic amines) is 4. The van der Waals surface area contributed by atoms with E-state index in [1.54, 1.807) is 38.4 Å². The smallest absolute Gasteiger partial charge is 0.420 e. The second kappa shape index (κ2) is 31.5. The van der Waals surface area contributed by atoms with Crippen molar-refractivity contribution in [2.24, 2.45) is 11.8 Å². The van der Waals surface area contributed by atoms with E-state index in [2.05, 4.69) is 75.9 Å². The second-order valence-corrected chi connectivity index (χ2v) is 39.8. The van der Waals surface area contributed by atoms with Crippen LogP contribution in [0.25, 0.3) is 89.2 Å². The molecule has 0 radical (unpaired) electrons. The van der Waals surface area contributed by atoms with Crippen LogP contribution in [0.1, 0.15) is 151 Å². The Morgan fingerprint density at radius 2 is 0.927 bits per heavy atom. The number of hydrogen-bond donors (Lipinski definition) is 6. The number of nitrogens with one attached hydrogen (secondary N) is 4. The number of benzene rings is 6. The summed E-state index contributed by atoms with van der Waals surface area (Å²) in [5.41, 5.74) is 15.8. The standard InChI is InChI=1S/C47H48F3N7O5S.C46H48FN7O5S/c1-26-32(33-7-5-9-37(27(33)2)53-43-41-29(12-17-51-43)20-28(22-52-41)23-56-18-14-31(58)25-56)6-4-8-34(26)45-54-38-21-36-35(40(42(38)62-45)47(48,49)50)10-11-39(36)57-19-13-30(24-57)44(59)55-63(60,61)46(3)15-16-46;1-26-32(33-7-5-9-37(27(33)2)50-43-41-29(12-17-48-43)20-28(22-49-41)23-53-18-14-31(55)25-53)6-4-8-34(26)45-51-38-21-36-35(40(47)42(38)59-45)10-11-39(36)54-19-13-30(24-54)44(56)52-60(57,58)46(3)15-16-46/h4-9,12,17,20-22,30-31,39,58H,10-11,13-16,18-19,23-25H2,1-3H3,(H,51,53)(H,55,59);4-9,12,17,20-22,30-31,39,55H,10-11,13-16,18-19,23-25H2,1-3H3,(H,48,50)(H,52,56)/t2*30-,31-,39-/m11/s1. The molecule has 2 saturated carbocycles. The SMILES string of the molecule is Cc1c(Nc2nccc3cc(CN4CC[C@@H](O)C4)cnc23)cccc1-c1cccc(-c2nc3cc4c(c(C(F)(F)F)c3o2)CC[C@H]4N2CC[C@@H](C(=O)NS(=O)(=O)C3(C)CC3)C2)c1C.Cc1c(Nc2nccc3cc(CN4CC[C@@H](O)C4)cnc23)cccc1-c1cccc(-c2nc3cc4c(c(F)c3o2)CC[C@H]4N2CC[C@@H](C(=O)NS(=O)(=O)C3(C)CC3)C2)c1C. The van der Waals surface area contributed by atoms with Gasteiger partial charge in [0.1, 0.15) is 27.6 Å². The van der Waals surface area contributed by atoms with Crippen LogP contribution in [0.2, 0.25) is 0 Å². The number of alkyl halides is 3. The fraction of sp³-hybridized carbons (Fsp3) is 0.398. The number of sulfonamides is 2. The first-order valence-electron chi connectivity index (χ1n) is 42.4. The van der Waals surface area contributed by atoms with Gasteiger partial charge in [-0.1, -0.05) is 48.5 Å². The molecule has 20 rings (SSSR count). The van der Waals surface area contributed by atoms with Crippen molar-refractivity contribution in [2.45, 2.75) is 172 Å². The van der Waals surface area contributed by atoms with Crippen LogP contribution in [0.3, 0.4) is 0 Å². The summed E-state index contributed by atoms with van der Waals surface area (Å²) in [5, 5.41) is 28.9. The number of aromatic nitrogens is 6. The number of aliphatic hydroxyl groups excluding tert-OH is 2. The maximum Gasteiger partial charge on any atom is 0.420 e. The number of halogens is 4. The monoisotopic (exact) mass is 1710 g/mol. The Morgan fingerprint density at radius 3 is 1.37 bits per heavy atom. The van der Waals surface area contributed by atoms with E-state index >= 15 is 17.6 Å². The number of β-amino-alcohol motifs (C(OH)–C–C–N with tert-alkyl or cyclic N) is 2. The zero-order valence-corrected chi connectivity index (χ0v) is 70.8. The number of amides is 2. The van der Waals surface area contributed by atoms with Crippen LogP contribution in [-0.4, -0.2) is 162 Å². The van der Waals surface area contributed by atoms with Crippen molar-refractivity contribution < 1.29 is 63.0 Å². The molecular formula is C93H96F4N14O10S2. The molecule has 0 unspecified atom stereocenters. The largest absolute Gasteiger partial charge is 0.435 e. The van der Waals surface area contributed by atoms with Crippen molar-refractivity contribution in [1.29, 1.82) is 0 Å². The Morgan fingerprint density at radius 1 is 0.512 bits per heavy atom. The molecule has 6 fully saturated rings. The number of rotatable bonds is 20. The maximum absolute atomic E-state index is 16.3. The van der Waals surface area contributed by atoms with Gasteiger partial charge in [0.15, 0.2) is 28.6 Å². The number of aliphatic hydroxyl groups is 2. The summed E-state index contributed by atoms with van der Waals surface area (Å²) in [6.45, 7) is 17.5. The summed E-state index contributed by atoms with van der Waals surface area (Å²) in [4.78, 5) is 63.2. The molecule has 638 valence electrons. The van der Waals surface area contributed by atoms with E-state index in [-0.39, 0.29) is 65.4 Å². The second-order valence-electron chi connectivity index (χ2n) is 35.4. The van der Waals surface area contributed by atoms with Gasteiger partial charge in [-0.05, 0) is 270 Å². The third kappa shape index (κ3) is 15.5. The number of anilines is 4. The molecule has 6 aromatic heterocycles. The minimum atomic E-state index is -4.72. The van der Waals surface area contributed by atoms with Crippen LogP contribution in [-0.2, 0) is 61.7 Å². The Balaban J connectivity index is 0.000000162. The number of carbonyl (C=O) groups is 2. The van der Waals surface area contributed by atoms with Crippen molar-refractivity contribution >= 4 is 98.9 Å². The molecule has 4 aliphatic carbocycles. The molecule has 6 aromatic carbocycles. The first-order valence-corrected chi connectivity index (χ1v) is 45.4. The normalized spacial score (nSPS) is 21.4. The lowest BCUT2D eigenvalue weighted by Crippen LogP contribution is -2.42. The summed E-state index contributed by atoms with van der Waals surface area (Å²) < 4.78 is 128. The van der Waals surface area contributed by atoms with E-state index in [1.807, 2.05) is 111 Å². The fourth-order valence-corrected chi connectivity index (χ4v) is 22.0. The molecule has 2 amide bonds. The van der Waals surface area contributed by atoms with Crippen LogP contribution < -0.4 is 20.1 Å². The van der Waals surface area contributed by atoms with E-state index < -0.39 is 70.7 Å². The van der Waals surface area contributed by atoms with Gasteiger partial charge in [0.05, 0.1) is 33.5 Å². The van der Waals surface area contributed by atoms with Gasteiger partial charge in [0, 0.05) is 123 Å². The topological polar surface area (TPSA) is 308 Å². The molecule has 6 N–H and O–H groups in total. The van der Waals surface area contributed by atoms with Gasteiger partial charge in [0.2, 0.25) is 43.6 Å². The van der Waals surface area contributed by atoms with Gasteiger partial charge in [-0.25, -0.2) is 41.2 Å². The predicted molar refractivity (Wildman–Crippen MR) is 462 cm³/mol. The molecule has 0 spiro atoms. The Bertz CT molecular complexity index is 6530. The number of nitrogens with zero attached hydrogens (tertiary/aromatic N) is 10. The molecule has 8 aliphatic rings. The minimum absolute atomic E-state index is 0.0804. The number of hydrogen-bond acceptors (Lipinski definition) is 22. The van der Waals surface area contributed by atoms with E-state index in [1.165, 1.54) is 0 Å². The fourth-order valence-electron chi connectivity index (χ4n) is 19.3. The lowest BCUT2D eigenvalue weighted by Gasteiger charge is -2.25. The maximum atomic E-state index is 16.3. The Labute approximate surface area is 709 Å². The third-order valence-corrected chi connectivity index (χ3v) is 31.5. The van der Waals surface area contributed by atoms with E-state index in [0.29, 0.717) is 137 Å². The molecular weight excluding hydrogens is 1610 g/mol. The quantitative estimate of drug-likeness (QED) is 0.0386. The van der Waals surface area contributed by atoms with Gasteiger partial charge in [-0.2, -0.15) is 13.2 Å².